The van der Waals surface area contributed by atoms with Crippen molar-refractivity contribution in [3.05, 3.63) is 64.7 Å². The molecule has 0 aliphatic carbocycles. The van der Waals surface area contributed by atoms with E-state index < -0.39 is 15.9 Å². The van der Waals surface area contributed by atoms with Gasteiger partial charge in [0.1, 0.15) is 5.01 Å². The van der Waals surface area contributed by atoms with Crippen LogP contribution in [0.4, 0.5) is 0 Å². The van der Waals surface area contributed by atoms with Gasteiger partial charge in [-0.15, -0.1) is 11.3 Å². The van der Waals surface area contributed by atoms with Crippen molar-refractivity contribution in [3.8, 4) is 0 Å². The fourth-order valence-corrected chi connectivity index (χ4v) is 5.18. The zero-order chi connectivity index (χ0) is 16.0. The number of benzene rings is 2. The predicted molar refractivity (Wildman–Crippen MR) is 88.6 cm³/mol. The molecule has 2 aromatic carbocycles. The number of sulfonamides is 1. The molecule has 4 rings (SSSR count). The number of fused-ring (bicyclic) bond motifs is 2. The van der Waals surface area contributed by atoms with Gasteiger partial charge in [0.05, 0.1) is 22.5 Å². The number of carbonyl (C=O) groups excluding carboxylic acids is 1. The van der Waals surface area contributed by atoms with Crippen molar-refractivity contribution < 1.29 is 13.2 Å². The monoisotopic (exact) mass is 344 g/mol. The van der Waals surface area contributed by atoms with Crippen molar-refractivity contribution in [3.63, 3.8) is 0 Å². The van der Waals surface area contributed by atoms with E-state index in [0.29, 0.717) is 16.1 Å². The Morgan fingerprint density at radius 3 is 2.65 bits per heavy atom. The van der Waals surface area contributed by atoms with E-state index in [4.69, 9.17) is 0 Å². The average Bonchev–Trinajstić information content (AvgIpc) is 2.93. The molecule has 1 aliphatic heterocycles. The third-order valence-electron chi connectivity index (χ3n) is 3.77. The quantitative estimate of drug-likeness (QED) is 0.717. The Labute approximate surface area is 137 Å². The molecule has 0 saturated heterocycles. The molecular formula is C16H12N2O3S2. The summed E-state index contributed by atoms with van der Waals surface area (Å²) in [6, 6.07) is 14.4. The normalized spacial score (nSPS) is 16.5. The van der Waals surface area contributed by atoms with Gasteiger partial charge in [0.2, 0.25) is 10.0 Å². The first-order chi connectivity index (χ1) is 11.0. The number of thiazole rings is 1. The van der Waals surface area contributed by atoms with Crippen LogP contribution in [0.15, 0.2) is 48.5 Å². The van der Waals surface area contributed by atoms with Crippen LogP contribution >= 0.6 is 11.3 Å². The predicted octanol–water partition coefficient (Wildman–Crippen LogP) is 2.78. The number of hydrogen-bond acceptors (Lipinski definition) is 5. The van der Waals surface area contributed by atoms with Crippen molar-refractivity contribution in [2.24, 2.45) is 0 Å². The number of para-hydroxylation sites is 1. The van der Waals surface area contributed by atoms with Crippen LogP contribution in [0.3, 0.4) is 0 Å². The third kappa shape index (κ3) is 2.42. The van der Waals surface area contributed by atoms with Crippen LogP contribution in [0.5, 0.6) is 0 Å². The molecule has 23 heavy (non-hydrogen) atoms. The van der Waals surface area contributed by atoms with E-state index in [1.807, 2.05) is 24.3 Å². The van der Waals surface area contributed by atoms with E-state index in [1.54, 1.807) is 24.3 Å². The number of amides is 1. The summed E-state index contributed by atoms with van der Waals surface area (Å²) in [4.78, 5) is 17.0. The minimum atomic E-state index is -3.67. The molecular weight excluding hydrogens is 332 g/mol. The molecule has 1 aliphatic rings. The van der Waals surface area contributed by atoms with Crippen molar-refractivity contribution in [1.29, 1.82) is 0 Å². The Morgan fingerprint density at radius 1 is 1.09 bits per heavy atom. The number of carbonyl (C=O) groups is 1. The molecule has 1 aromatic heterocycles. The van der Waals surface area contributed by atoms with Crippen LogP contribution in [0.1, 0.15) is 20.9 Å². The standard InChI is InChI=1S/C16H12N2O3S2/c19-16-12-6-2-1-5-11(12)10-23(20,21)18(16)9-15-17-13-7-3-4-8-14(13)22-15/h1-8H,9-10H2. The molecule has 0 bridgehead atoms. The largest absolute Gasteiger partial charge is 0.268 e. The van der Waals surface area contributed by atoms with E-state index in [9.17, 15) is 13.2 Å². The van der Waals surface area contributed by atoms with Crippen LogP contribution in [-0.4, -0.2) is 23.6 Å². The van der Waals surface area contributed by atoms with Gasteiger partial charge in [0.25, 0.3) is 5.91 Å². The lowest BCUT2D eigenvalue weighted by Gasteiger charge is -2.27. The van der Waals surface area contributed by atoms with Crippen LogP contribution in [-0.2, 0) is 22.3 Å². The summed E-state index contributed by atoms with van der Waals surface area (Å²) < 4.78 is 26.8. The van der Waals surface area contributed by atoms with Gasteiger partial charge < -0.3 is 0 Å². The molecule has 1 amide bonds. The maximum absolute atomic E-state index is 12.6. The van der Waals surface area contributed by atoms with Crippen LogP contribution in [0.25, 0.3) is 10.2 Å². The van der Waals surface area contributed by atoms with Gasteiger partial charge in [-0.2, -0.15) is 0 Å². The molecule has 7 heteroatoms. The average molecular weight is 344 g/mol. The molecule has 3 aromatic rings. The summed E-state index contributed by atoms with van der Waals surface area (Å²) in [5, 5.41) is 0.613. The number of rotatable bonds is 2. The number of hydrogen-bond donors (Lipinski definition) is 0. The summed E-state index contributed by atoms with van der Waals surface area (Å²) in [5.74, 6) is -0.633. The van der Waals surface area contributed by atoms with Gasteiger partial charge in [-0.3, -0.25) is 4.79 Å². The van der Waals surface area contributed by atoms with Gasteiger partial charge in [0.15, 0.2) is 0 Å². The molecule has 5 nitrogen and oxygen atoms in total. The second kappa shape index (κ2) is 5.14. The fraction of sp³-hybridized carbons (Fsp3) is 0.125. The van der Waals surface area contributed by atoms with Crippen LogP contribution in [0, 0.1) is 0 Å². The van der Waals surface area contributed by atoms with Gasteiger partial charge in [-0.1, -0.05) is 30.3 Å². The Balaban J connectivity index is 1.74. The lowest BCUT2D eigenvalue weighted by Crippen LogP contribution is -2.41. The molecule has 0 radical (unpaired) electrons. The molecule has 0 N–H and O–H groups in total. The lowest BCUT2D eigenvalue weighted by molar-refractivity contribution is 0.0849. The Hall–Kier alpha value is -2.25. The van der Waals surface area contributed by atoms with Gasteiger partial charge in [-0.25, -0.2) is 17.7 Å². The molecule has 0 unspecified atom stereocenters. The zero-order valence-electron chi connectivity index (χ0n) is 12.0. The highest BCUT2D eigenvalue weighted by Crippen LogP contribution is 2.28. The van der Waals surface area contributed by atoms with Crippen molar-refractivity contribution in [2.45, 2.75) is 12.3 Å². The lowest BCUT2D eigenvalue weighted by atomic mass is 10.1. The first-order valence-electron chi connectivity index (χ1n) is 7.02. The summed E-state index contributed by atoms with van der Waals surface area (Å²) in [6.07, 6.45) is 0. The van der Waals surface area contributed by atoms with Crippen molar-refractivity contribution in [2.75, 3.05) is 0 Å². The molecule has 116 valence electrons. The van der Waals surface area contributed by atoms with E-state index in [1.165, 1.54) is 11.3 Å². The van der Waals surface area contributed by atoms with E-state index >= 15 is 0 Å². The van der Waals surface area contributed by atoms with Gasteiger partial charge in [-0.05, 0) is 23.8 Å². The van der Waals surface area contributed by atoms with E-state index in [0.717, 1.165) is 14.5 Å². The Kier molecular flexibility index (Phi) is 3.21. The number of nitrogens with zero attached hydrogens (tertiary/aromatic N) is 2. The summed E-state index contributed by atoms with van der Waals surface area (Å²) >= 11 is 1.41. The summed E-state index contributed by atoms with van der Waals surface area (Å²) in [6.45, 7) is -0.0190. The second-order valence-corrected chi connectivity index (χ2v) is 8.31. The first kappa shape index (κ1) is 14.3. The van der Waals surface area contributed by atoms with Crippen LogP contribution in [0.2, 0.25) is 0 Å². The first-order valence-corrected chi connectivity index (χ1v) is 9.44. The van der Waals surface area contributed by atoms with Crippen LogP contribution < -0.4 is 0 Å². The summed E-state index contributed by atoms with van der Waals surface area (Å²) in [7, 11) is -3.67. The molecule has 0 fully saturated rings. The SMILES string of the molecule is O=C1c2ccccc2CS(=O)(=O)N1Cc1nc2ccccc2s1. The fourth-order valence-electron chi connectivity index (χ4n) is 2.67. The molecule has 2 heterocycles. The highest BCUT2D eigenvalue weighted by atomic mass is 32.2. The topological polar surface area (TPSA) is 67.3 Å². The maximum atomic E-state index is 12.6. The zero-order valence-corrected chi connectivity index (χ0v) is 13.6. The molecule has 0 atom stereocenters. The highest BCUT2D eigenvalue weighted by molar-refractivity contribution is 7.89. The minimum Gasteiger partial charge on any atom is -0.268 e. The second-order valence-electron chi connectivity index (χ2n) is 5.30. The Morgan fingerprint density at radius 2 is 1.83 bits per heavy atom. The minimum absolute atomic E-state index is 0.0190. The number of aromatic nitrogens is 1. The van der Waals surface area contributed by atoms with Gasteiger partial charge in [0, 0.05) is 5.56 Å². The summed E-state index contributed by atoms with van der Waals surface area (Å²) in [5.41, 5.74) is 1.82. The smallest absolute Gasteiger partial charge is 0.268 e. The van der Waals surface area contributed by atoms with E-state index in [2.05, 4.69) is 4.98 Å². The Bertz CT molecular complexity index is 991. The van der Waals surface area contributed by atoms with Gasteiger partial charge >= 0.3 is 0 Å². The molecule has 0 spiro atoms. The third-order valence-corrected chi connectivity index (χ3v) is 6.43. The highest BCUT2D eigenvalue weighted by Gasteiger charge is 2.36. The maximum Gasteiger partial charge on any atom is 0.268 e. The van der Waals surface area contributed by atoms with E-state index in [-0.39, 0.29) is 12.3 Å². The molecule has 0 saturated carbocycles. The van der Waals surface area contributed by atoms with Crippen molar-refractivity contribution in [1.82, 2.24) is 9.29 Å². The van der Waals surface area contributed by atoms with Crippen molar-refractivity contribution >= 4 is 37.5 Å².